The fraction of sp³-hybridized carbons (Fsp3) is 0.400. The first-order valence-corrected chi connectivity index (χ1v) is 12.5. The van der Waals surface area contributed by atoms with Crippen molar-refractivity contribution in [3.05, 3.63) is 45.1 Å². The van der Waals surface area contributed by atoms with Crippen LogP contribution in [0.3, 0.4) is 0 Å². The Balaban J connectivity index is 0.00000306. The van der Waals surface area contributed by atoms with E-state index in [0.717, 1.165) is 29.5 Å². The number of nitrogens with one attached hydrogen (secondary N) is 1. The lowest BCUT2D eigenvalue weighted by Crippen LogP contribution is -2.47. The number of halogens is 3. The molecule has 0 saturated carbocycles. The van der Waals surface area contributed by atoms with Crippen LogP contribution in [-0.2, 0) is 16.1 Å². The summed E-state index contributed by atoms with van der Waals surface area (Å²) in [7, 11) is 0. The highest BCUT2D eigenvalue weighted by atomic mass is 35.5. The van der Waals surface area contributed by atoms with Crippen LogP contribution in [0.1, 0.15) is 11.5 Å². The molecule has 0 spiro atoms. The predicted octanol–water partition coefficient (Wildman–Crippen LogP) is 4.34. The molecule has 3 heterocycles. The molecule has 33 heavy (non-hydrogen) atoms. The second-order valence-electron chi connectivity index (χ2n) is 7.20. The Morgan fingerprint density at radius 2 is 2.18 bits per heavy atom. The Morgan fingerprint density at radius 1 is 1.33 bits per heavy atom. The molecule has 1 saturated heterocycles. The first-order chi connectivity index (χ1) is 15.5. The molecule has 8 nitrogen and oxygen atoms in total. The Hall–Kier alpha value is -1.40. The molecule has 1 atom stereocenters. The minimum absolute atomic E-state index is 0. The number of aryl methyl sites for hydroxylation is 1. The summed E-state index contributed by atoms with van der Waals surface area (Å²) in [6.45, 7) is 5.12. The lowest BCUT2D eigenvalue weighted by molar-refractivity contribution is -0.119. The molecule has 0 bridgehead atoms. The first kappa shape index (κ1) is 26.2. The topological polar surface area (TPSA) is 93.4 Å². The van der Waals surface area contributed by atoms with Crippen molar-refractivity contribution in [2.45, 2.75) is 23.9 Å². The summed E-state index contributed by atoms with van der Waals surface area (Å²) >= 11 is 14.9. The van der Waals surface area contributed by atoms with Gasteiger partial charge in [0.2, 0.25) is 17.6 Å². The number of hydrogen-bond donors (Lipinski definition) is 1. The zero-order valence-corrected chi connectivity index (χ0v) is 21.6. The van der Waals surface area contributed by atoms with E-state index < -0.39 is 0 Å². The van der Waals surface area contributed by atoms with Crippen molar-refractivity contribution in [2.75, 3.05) is 32.0 Å². The number of amides is 1. The van der Waals surface area contributed by atoms with Crippen molar-refractivity contribution in [2.24, 2.45) is 0 Å². The van der Waals surface area contributed by atoms with Gasteiger partial charge in [-0.05, 0) is 17.7 Å². The molecule has 4 rings (SSSR count). The lowest BCUT2D eigenvalue weighted by atomic mass is 10.2. The van der Waals surface area contributed by atoms with Crippen molar-refractivity contribution in [1.29, 1.82) is 0 Å². The number of nitrogens with zero attached hydrogens (tertiary/aromatic N) is 4. The summed E-state index contributed by atoms with van der Waals surface area (Å²) in [5.74, 6) is 1.15. The Morgan fingerprint density at radius 3 is 2.94 bits per heavy atom. The molecule has 13 heteroatoms. The number of carbonyl (C=O) groups excluding carboxylic acids is 1. The van der Waals surface area contributed by atoms with Crippen LogP contribution in [0, 0.1) is 6.92 Å². The van der Waals surface area contributed by atoms with E-state index in [-0.39, 0.29) is 30.2 Å². The second-order valence-corrected chi connectivity index (χ2v) is 10.1. The van der Waals surface area contributed by atoms with Gasteiger partial charge in [-0.1, -0.05) is 46.2 Å². The van der Waals surface area contributed by atoms with E-state index in [1.54, 1.807) is 6.92 Å². The molecule has 1 aliphatic heterocycles. The van der Waals surface area contributed by atoms with Gasteiger partial charge in [0.1, 0.15) is 5.69 Å². The van der Waals surface area contributed by atoms with Gasteiger partial charge in [-0.15, -0.1) is 23.7 Å². The smallest absolute Gasteiger partial charge is 0.230 e. The van der Waals surface area contributed by atoms with E-state index in [0.29, 0.717) is 40.6 Å². The fourth-order valence-corrected chi connectivity index (χ4v) is 5.13. The zero-order chi connectivity index (χ0) is 22.5. The molecule has 1 aromatic carbocycles. The highest BCUT2D eigenvalue weighted by Gasteiger charge is 2.21. The van der Waals surface area contributed by atoms with Gasteiger partial charge < -0.3 is 14.6 Å². The highest BCUT2D eigenvalue weighted by molar-refractivity contribution is 8.01. The SMILES string of the molecule is Cc1nc(-c2csc(SCC(=O)NC[C@H]3CN(Cc4ccc(Cl)c(Cl)c4)CCO3)n2)no1.Cl. The van der Waals surface area contributed by atoms with Crippen LogP contribution in [-0.4, -0.2) is 64.0 Å². The van der Waals surface area contributed by atoms with Crippen LogP contribution in [0.15, 0.2) is 32.4 Å². The minimum Gasteiger partial charge on any atom is -0.374 e. The number of ether oxygens (including phenoxy) is 1. The number of thioether (sulfide) groups is 1. The highest BCUT2D eigenvalue weighted by Crippen LogP contribution is 2.27. The molecule has 3 aromatic rings. The molecule has 178 valence electrons. The number of carbonyl (C=O) groups is 1. The van der Waals surface area contributed by atoms with Crippen molar-refractivity contribution >= 4 is 64.6 Å². The molecule has 0 aliphatic carbocycles. The lowest BCUT2D eigenvalue weighted by Gasteiger charge is -2.33. The van der Waals surface area contributed by atoms with Crippen LogP contribution in [0.25, 0.3) is 11.5 Å². The van der Waals surface area contributed by atoms with E-state index >= 15 is 0 Å². The molecule has 1 amide bonds. The normalized spacial score (nSPS) is 16.4. The Labute approximate surface area is 215 Å². The summed E-state index contributed by atoms with van der Waals surface area (Å²) < 4.78 is 11.6. The van der Waals surface area contributed by atoms with E-state index in [1.165, 1.54) is 23.1 Å². The van der Waals surface area contributed by atoms with Gasteiger partial charge in [0.15, 0.2) is 4.34 Å². The predicted molar refractivity (Wildman–Crippen MR) is 133 cm³/mol. The zero-order valence-electron chi connectivity index (χ0n) is 17.6. The summed E-state index contributed by atoms with van der Waals surface area (Å²) in [4.78, 5) is 23.2. The number of morpholine rings is 1. The third-order valence-corrected chi connectivity index (χ3v) is 7.47. The third kappa shape index (κ3) is 7.54. The quantitative estimate of drug-likeness (QED) is 0.414. The second kappa shape index (κ2) is 12.3. The average Bonchev–Trinajstić information content (AvgIpc) is 3.42. The van der Waals surface area contributed by atoms with Gasteiger partial charge in [-0.3, -0.25) is 9.69 Å². The van der Waals surface area contributed by atoms with E-state index in [9.17, 15) is 4.79 Å². The number of hydrogen-bond acceptors (Lipinski definition) is 9. The van der Waals surface area contributed by atoms with Gasteiger partial charge in [0.25, 0.3) is 0 Å². The largest absolute Gasteiger partial charge is 0.374 e. The van der Waals surface area contributed by atoms with Crippen molar-refractivity contribution in [3.63, 3.8) is 0 Å². The number of benzene rings is 1. The van der Waals surface area contributed by atoms with Gasteiger partial charge in [-0.25, -0.2) is 4.98 Å². The molecular weight excluding hydrogens is 529 g/mol. The number of rotatable bonds is 8. The Bertz CT molecular complexity index is 1080. The fourth-order valence-electron chi connectivity index (χ4n) is 3.18. The molecule has 1 N–H and O–H groups in total. The van der Waals surface area contributed by atoms with Crippen LogP contribution in [0.2, 0.25) is 10.0 Å². The van der Waals surface area contributed by atoms with Gasteiger partial charge >= 0.3 is 0 Å². The maximum atomic E-state index is 12.3. The van der Waals surface area contributed by atoms with Crippen LogP contribution >= 0.6 is 58.7 Å². The van der Waals surface area contributed by atoms with Crippen LogP contribution in [0.4, 0.5) is 0 Å². The summed E-state index contributed by atoms with van der Waals surface area (Å²) in [6, 6.07) is 5.67. The van der Waals surface area contributed by atoms with Gasteiger partial charge in [-0.2, -0.15) is 4.98 Å². The first-order valence-electron chi connectivity index (χ1n) is 9.90. The maximum absolute atomic E-state index is 12.3. The summed E-state index contributed by atoms with van der Waals surface area (Å²) in [5, 5.41) is 9.76. The van der Waals surface area contributed by atoms with Crippen molar-refractivity contribution in [1.82, 2.24) is 25.3 Å². The number of aromatic nitrogens is 3. The van der Waals surface area contributed by atoms with Crippen LogP contribution < -0.4 is 5.32 Å². The monoisotopic (exact) mass is 549 g/mol. The maximum Gasteiger partial charge on any atom is 0.230 e. The molecule has 0 unspecified atom stereocenters. The van der Waals surface area contributed by atoms with E-state index in [1.807, 2.05) is 23.6 Å². The van der Waals surface area contributed by atoms with Gasteiger partial charge in [0, 0.05) is 38.5 Å². The molecule has 0 radical (unpaired) electrons. The summed E-state index contributed by atoms with van der Waals surface area (Å²) in [6.07, 6.45) is -0.0617. The summed E-state index contributed by atoms with van der Waals surface area (Å²) in [5.41, 5.74) is 1.74. The third-order valence-electron chi connectivity index (χ3n) is 4.71. The Kier molecular flexibility index (Phi) is 9.81. The molecule has 1 aliphatic rings. The molecule has 1 fully saturated rings. The molecular formula is C20H22Cl3N5O3S2. The van der Waals surface area contributed by atoms with Crippen LogP contribution in [0.5, 0.6) is 0 Å². The van der Waals surface area contributed by atoms with E-state index in [4.69, 9.17) is 32.5 Å². The number of thiazole rings is 1. The average molecular weight is 551 g/mol. The van der Waals surface area contributed by atoms with Crippen molar-refractivity contribution < 1.29 is 14.1 Å². The molecule has 2 aromatic heterocycles. The van der Waals surface area contributed by atoms with Gasteiger partial charge in [0.05, 0.1) is 28.5 Å². The standard InChI is InChI=1S/C20H21Cl2N5O3S2.ClH/c1-12-24-19(26-30-12)17-10-31-20(25-17)32-11-18(28)23-7-14-9-27(4-5-29-14)8-13-2-3-15(21)16(22)6-13;/h2-3,6,10,14H,4-5,7-9,11H2,1H3,(H,23,28);1H/t14-;/m0./s1. The van der Waals surface area contributed by atoms with E-state index in [2.05, 4.69) is 25.3 Å². The minimum atomic E-state index is -0.0626. The van der Waals surface area contributed by atoms with Crippen molar-refractivity contribution in [3.8, 4) is 11.5 Å².